The molecule has 1 fully saturated rings. The Kier molecular flexibility index (Phi) is 4.17. The van der Waals surface area contributed by atoms with Crippen LogP contribution >= 0.6 is 0 Å². The zero-order valence-electron chi connectivity index (χ0n) is 15.9. The first-order valence-corrected chi connectivity index (χ1v) is 9.90. The smallest absolute Gasteiger partial charge is 0.300 e. The van der Waals surface area contributed by atoms with Crippen LogP contribution in [0.25, 0.3) is 4.85 Å². The molecule has 0 radical (unpaired) electrons. The van der Waals surface area contributed by atoms with Gasteiger partial charge in [-0.3, -0.25) is 9.69 Å². The van der Waals surface area contributed by atoms with Gasteiger partial charge in [-0.15, -0.1) is 0 Å². The van der Waals surface area contributed by atoms with Gasteiger partial charge in [0.1, 0.15) is 5.69 Å². The average molecular weight is 397 g/mol. The number of halogens is 2. The molecule has 0 atom stereocenters. The van der Waals surface area contributed by atoms with Gasteiger partial charge in [0.15, 0.2) is 5.69 Å². The van der Waals surface area contributed by atoms with Crippen LogP contribution < -0.4 is 10.5 Å². The molecule has 0 saturated heterocycles. The zero-order chi connectivity index (χ0) is 20.2. The number of fused-ring (bicyclic) bond motifs is 3. The van der Waals surface area contributed by atoms with Crippen LogP contribution in [0.5, 0.6) is 0 Å². The summed E-state index contributed by atoms with van der Waals surface area (Å²) in [5.41, 5.74) is 0.648. The van der Waals surface area contributed by atoms with E-state index in [0.717, 1.165) is 24.9 Å². The van der Waals surface area contributed by atoms with E-state index >= 15 is 8.78 Å². The van der Waals surface area contributed by atoms with E-state index < -0.39 is 18.0 Å². The van der Waals surface area contributed by atoms with Crippen molar-refractivity contribution in [2.75, 3.05) is 24.5 Å². The molecule has 3 heterocycles. The van der Waals surface area contributed by atoms with Crippen molar-refractivity contribution in [2.45, 2.75) is 38.4 Å². The summed E-state index contributed by atoms with van der Waals surface area (Å²) in [6, 6.07) is 6.94. The molecular weight excluding hydrogens is 376 g/mol. The highest BCUT2D eigenvalue weighted by molar-refractivity contribution is 5.46. The van der Waals surface area contributed by atoms with E-state index in [4.69, 9.17) is 6.57 Å². The quantitative estimate of drug-likeness (QED) is 0.744. The predicted octanol–water partition coefficient (Wildman–Crippen LogP) is 3.13. The van der Waals surface area contributed by atoms with Gasteiger partial charge in [-0.2, -0.15) is 13.8 Å². The summed E-state index contributed by atoms with van der Waals surface area (Å²) in [5, 5.41) is 0. The average Bonchev–Trinajstić information content (AvgIpc) is 3.42. The van der Waals surface area contributed by atoms with Crippen LogP contribution in [0.1, 0.15) is 29.7 Å². The molecule has 1 saturated carbocycles. The number of hydrogen-bond donors (Lipinski definition) is 0. The van der Waals surface area contributed by atoms with Gasteiger partial charge >= 0.3 is 5.92 Å². The van der Waals surface area contributed by atoms with Crippen LogP contribution in [0.2, 0.25) is 0 Å². The minimum atomic E-state index is -3.13. The normalized spacial score (nSPS) is 20.2. The minimum Gasteiger partial charge on any atom is -0.340 e. The van der Waals surface area contributed by atoms with Gasteiger partial charge in [-0.1, -0.05) is 24.3 Å². The monoisotopic (exact) mass is 397 g/mol. The third-order valence-electron chi connectivity index (χ3n) is 5.90. The zero-order valence-corrected chi connectivity index (χ0v) is 15.9. The first-order valence-electron chi connectivity index (χ1n) is 9.90. The fourth-order valence-corrected chi connectivity index (χ4v) is 4.43. The SMILES string of the molecule is [C-]#[N+]c1cccc(CN2Cc3c(n4c(nc3=O)N(CC3CC3)CC4)C(F)(F)C2)c1. The largest absolute Gasteiger partial charge is 0.340 e. The van der Waals surface area contributed by atoms with E-state index in [1.807, 2.05) is 11.0 Å². The van der Waals surface area contributed by atoms with E-state index in [-0.39, 0.29) is 24.3 Å². The fraction of sp³-hybridized carbons (Fsp3) is 0.476. The number of anilines is 1. The van der Waals surface area contributed by atoms with Gasteiger partial charge in [0.2, 0.25) is 5.95 Å². The summed E-state index contributed by atoms with van der Waals surface area (Å²) in [5.74, 6) is -2.13. The molecule has 1 aromatic heterocycles. The van der Waals surface area contributed by atoms with Crippen molar-refractivity contribution >= 4 is 11.6 Å². The van der Waals surface area contributed by atoms with Crippen molar-refractivity contribution < 1.29 is 8.78 Å². The van der Waals surface area contributed by atoms with Crippen molar-refractivity contribution in [3.63, 3.8) is 0 Å². The fourth-order valence-electron chi connectivity index (χ4n) is 4.43. The third kappa shape index (κ3) is 3.29. The van der Waals surface area contributed by atoms with E-state index in [2.05, 4.69) is 9.83 Å². The first kappa shape index (κ1) is 18.3. The lowest BCUT2D eigenvalue weighted by Crippen LogP contribution is -2.45. The summed E-state index contributed by atoms with van der Waals surface area (Å²) < 4.78 is 32.0. The lowest BCUT2D eigenvalue weighted by Gasteiger charge is -2.35. The van der Waals surface area contributed by atoms with Crippen LogP contribution in [0.15, 0.2) is 29.1 Å². The molecule has 6 nitrogen and oxygen atoms in total. The van der Waals surface area contributed by atoms with Gasteiger partial charge in [0.25, 0.3) is 5.56 Å². The second-order valence-corrected chi connectivity index (χ2v) is 8.22. The molecule has 2 aliphatic heterocycles. The molecule has 0 amide bonds. The first-order chi connectivity index (χ1) is 13.9. The molecule has 0 unspecified atom stereocenters. The highest BCUT2D eigenvalue weighted by Crippen LogP contribution is 2.39. The maximum atomic E-state index is 15.2. The van der Waals surface area contributed by atoms with Crippen molar-refractivity contribution in [1.29, 1.82) is 0 Å². The van der Waals surface area contributed by atoms with E-state index in [1.165, 1.54) is 0 Å². The Hall–Kier alpha value is -2.79. The molecule has 1 aromatic carbocycles. The number of nitrogens with zero attached hydrogens (tertiary/aromatic N) is 5. The number of aromatic nitrogens is 2. The summed E-state index contributed by atoms with van der Waals surface area (Å²) in [6.07, 6.45) is 2.32. The highest BCUT2D eigenvalue weighted by atomic mass is 19.3. The molecule has 5 rings (SSSR count). The topological polar surface area (TPSA) is 45.7 Å². The predicted molar refractivity (Wildman–Crippen MR) is 104 cm³/mol. The van der Waals surface area contributed by atoms with Gasteiger partial charge in [-0.05, 0) is 24.3 Å². The Morgan fingerprint density at radius 2 is 2.10 bits per heavy atom. The van der Waals surface area contributed by atoms with Crippen molar-refractivity contribution in [1.82, 2.24) is 14.5 Å². The third-order valence-corrected chi connectivity index (χ3v) is 5.90. The van der Waals surface area contributed by atoms with Crippen LogP contribution in [0.4, 0.5) is 20.4 Å². The molecular formula is C21H21F2N5O. The maximum Gasteiger partial charge on any atom is 0.300 e. The van der Waals surface area contributed by atoms with Crippen LogP contribution in [0, 0.1) is 12.5 Å². The Labute approximate surface area is 167 Å². The minimum absolute atomic E-state index is 0.0969. The molecule has 150 valence electrons. The molecule has 29 heavy (non-hydrogen) atoms. The maximum absolute atomic E-state index is 15.2. The summed E-state index contributed by atoms with van der Waals surface area (Å²) in [6.45, 7) is 8.93. The standard InChI is InChI=1S/C21H21F2N5O/c1-24-16-4-2-3-15(9-16)10-26-12-17-18(21(22,23)13-26)28-8-7-27(11-14-5-6-14)20(28)25-19(17)29/h2-4,9,14H,5-8,10-13H2. The molecule has 1 aliphatic carbocycles. The number of alkyl halides is 2. The summed E-state index contributed by atoms with van der Waals surface area (Å²) in [7, 11) is 0. The van der Waals surface area contributed by atoms with Gasteiger partial charge in [0.05, 0.1) is 18.7 Å². The highest BCUT2D eigenvalue weighted by Gasteiger charge is 2.46. The Morgan fingerprint density at radius 1 is 1.28 bits per heavy atom. The van der Waals surface area contributed by atoms with Crippen molar-refractivity contribution in [3.8, 4) is 0 Å². The number of rotatable bonds is 4. The lowest BCUT2D eigenvalue weighted by molar-refractivity contribution is -0.0621. The summed E-state index contributed by atoms with van der Waals surface area (Å²) >= 11 is 0. The van der Waals surface area contributed by atoms with Crippen LogP contribution in [0.3, 0.4) is 0 Å². The lowest BCUT2D eigenvalue weighted by atomic mass is 10.0. The second kappa shape index (κ2) is 6.63. The van der Waals surface area contributed by atoms with Gasteiger partial charge in [0, 0.05) is 32.7 Å². The van der Waals surface area contributed by atoms with E-state index in [0.29, 0.717) is 30.6 Å². The van der Waals surface area contributed by atoms with Crippen LogP contribution in [-0.4, -0.2) is 34.1 Å². The second-order valence-electron chi connectivity index (χ2n) is 8.22. The van der Waals surface area contributed by atoms with Crippen molar-refractivity contribution in [2.24, 2.45) is 5.92 Å². The van der Waals surface area contributed by atoms with Gasteiger partial charge in [-0.25, -0.2) is 4.85 Å². The molecule has 3 aliphatic rings. The number of hydrogen-bond acceptors (Lipinski definition) is 4. The molecule has 2 aromatic rings. The Morgan fingerprint density at radius 3 is 2.86 bits per heavy atom. The summed E-state index contributed by atoms with van der Waals surface area (Å²) in [4.78, 5) is 23.8. The van der Waals surface area contributed by atoms with Gasteiger partial charge < -0.3 is 9.47 Å². The van der Waals surface area contributed by atoms with Crippen molar-refractivity contribution in [3.05, 3.63) is 62.9 Å². The Balaban J connectivity index is 1.47. The van der Waals surface area contributed by atoms with E-state index in [9.17, 15) is 4.79 Å². The Bertz CT molecular complexity index is 1070. The van der Waals surface area contributed by atoms with Crippen LogP contribution in [-0.2, 0) is 25.6 Å². The molecule has 8 heteroatoms. The van der Waals surface area contributed by atoms with E-state index in [1.54, 1.807) is 27.7 Å². The molecule has 0 bridgehead atoms. The molecule has 0 N–H and O–H groups in total. The number of benzene rings is 1. The molecule has 0 spiro atoms.